The third kappa shape index (κ3) is 5.02. The van der Waals surface area contributed by atoms with E-state index in [9.17, 15) is 9.18 Å². The van der Waals surface area contributed by atoms with E-state index in [1.165, 1.54) is 23.9 Å². The molecule has 0 unspecified atom stereocenters. The van der Waals surface area contributed by atoms with E-state index in [4.69, 9.17) is 24.9 Å². The molecule has 7 nitrogen and oxygen atoms in total. The lowest BCUT2D eigenvalue weighted by Gasteiger charge is -2.46. The molecule has 29 heavy (non-hydrogen) atoms. The number of halogens is 1. The SMILES string of the molecule is COC[C@H]1C[C@H]2CSC(NC(=O)OC(C)(C)C)=N[C@@]2(c2cc(N)ccc2F)CO1. The number of thioether (sulfide) groups is 1. The number of anilines is 1. The summed E-state index contributed by atoms with van der Waals surface area (Å²) in [6.07, 6.45) is -0.0176. The number of methoxy groups -OCH3 is 1. The molecule has 160 valence electrons. The minimum absolute atomic E-state index is 0.00175. The standard InChI is InChI=1S/C20H28FN3O4S/c1-19(2,3)28-18(25)23-17-24-20(15-8-13(22)5-6-16(15)21)11-27-14(9-26-4)7-12(20)10-29-17/h5-6,8,12,14H,7,9-11,22H2,1-4H3,(H,23,24,25)/t12-,14+,20-/m0/s1. The first-order valence-corrected chi connectivity index (χ1v) is 10.5. The quantitative estimate of drug-likeness (QED) is 0.722. The van der Waals surface area contributed by atoms with Crippen molar-refractivity contribution in [3.63, 3.8) is 0 Å². The zero-order valence-electron chi connectivity index (χ0n) is 17.2. The first kappa shape index (κ1) is 21.9. The number of amidine groups is 1. The summed E-state index contributed by atoms with van der Waals surface area (Å²) in [6.45, 7) is 5.99. The fourth-order valence-corrected chi connectivity index (χ4v) is 4.81. The maximum Gasteiger partial charge on any atom is 0.413 e. The van der Waals surface area contributed by atoms with Crippen LogP contribution >= 0.6 is 11.8 Å². The smallest absolute Gasteiger partial charge is 0.413 e. The molecule has 1 aromatic carbocycles. The van der Waals surface area contributed by atoms with Crippen molar-refractivity contribution < 1.29 is 23.4 Å². The summed E-state index contributed by atoms with van der Waals surface area (Å²) in [5.74, 6) is 0.249. The van der Waals surface area contributed by atoms with Gasteiger partial charge in [0, 0.05) is 30.0 Å². The Morgan fingerprint density at radius 1 is 1.48 bits per heavy atom. The average molecular weight is 426 g/mol. The van der Waals surface area contributed by atoms with Gasteiger partial charge in [-0.15, -0.1) is 0 Å². The summed E-state index contributed by atoms with van der Waals surface area (Å²) in [7, 11) is 1.62. The van der Waals surface area contributed by atoms with Crippen molar-refractivity contribution in [3.05, 3.63) is 29.6 Å². The lowest BCUT2D eigenvalue weighted by molar-refractivity contribution is -0.0837. The van der Waals surface area contributed by atoms with Gasteiger partial charge in [-0.2, -0.15) is 0 Å². The van der Waals surface area contributed by atoms with Gasteiger partial charge in [0.2, 0.25) is 0 Å². The molecule has 3 N–H and O–H groups in total. The molecule has 3 rings (SSSR count). The van der Waals surface area contributed by atoms with Crippen LogP contribution in [0.4, 0.5) is 14.9 Å². The molecular formula is C20H28FN3O4S. The molecule has 2 heterocycles. The Bertz CT molecular complexity index is 798. The maximum absolute atomic E-state index is 14.9. The summed E-state index contributed by atoms with van der Waals surface area (Å²) < 4.78 is 31.4. The Labute approximate surface area is 174 Å². The molecule has 1 amide bonds. The van der Waals surface area contributed by atoms with E-state index in [0.29, 0.717) is 35.2 Å². The number of aliphatic imine (C=N–C) groups is 1. The van der Waals surface area contributed by atoms with Crippen molar-refractivity contribution in [2.24, 2.45) is 10.9 Å². The molecule has 0 aliphatic carbocycles. The normalized spacial score (nSPS) is 27.0. The predicted molar refractivity (Wildman–Crippen MR) is 111 cm³/mol. The highest BCUT2D eigenvalue weighted by molar-refractivity contribution is 8.13. The van der Waals surface area contributed by atoms with Crippen molar-refractivity contribution in [2.45, 2.75) is 44.4 Å². The van der Waals surface area contributed by atoms with Crippen LogP contribution in [0.3, 0.4) is 0 Å². The van der Waals surface area contributed by atoms with Crippen molar-refractivity contribution in [3.8, 4) is 0 Å². The molecule has 1 aromatic rings. The van der Waals surface area contributed by atoms with Gasteiger partial charge in [-0.3, -0.25) is 5.32 Å². The van der Waals surface area contributed by atoms with E-state index in [-0.39, 0.29) is 18.6 Å². The number of nitrogens with one attached hydrogen (secondary N) is 1. The van der Waals surface area contributed by atoms with Gasteiger partial charge in [0.15, 0.2) is 5.17 Å². The third-order valence-electron chi connectivity index (χ3n) is 4.90. The zero-order valence-corrected chi connectivity index (χ0v) is 18.0. The van der Waals surface area contributed by atoms with Gasteiger partial charge >= 0.3 is 6.09 Å². The molecule has 1 fully saturated rings. The Hall–Kier alpha value is -1.84. The Kier molecular flexibility index (Phi) is 6.40. The second-order valence-electron chi connectivity index (χ2n) is 8.34. The number of carbonyl (C=O) groups is 1. The van der Waals surface area contributed by atoms with Crippen LogP contribution < -0.4 is 11.1 Å². The van der Waals surface area contributed by atoms with E-state index < -0.39 is 23.1 Å². The van der Waals surface area contributed by atoms with Crippen LogP contribution in [0.5, 0.6) is 0 Å². The second-order valence-corrected chi connectivity index (χ2v) is 9.35. The number of nitrogens with zero attached hydrogens (tertiary/aromatic N) is 1. The van der Waals surface area contributed by atoms with Crippen LogP contribution in [0.25, 0.3) is 0 Å². The van der Waals surface area contributed by atoms with E-state index in [1.54, 1.807) is 33.9 Å². The van der Waals surface area contributed by atoms with Crippen LogP contribution in [0.15, 0.2) is 23.2 Å². The summed E-state index contributed by atoms with van der Waals surface area (Å²) in [4.78, 5) is 17.0. The van der Waals surface area contributed by atoms with E-state index in [1.807, 2.05) is 0 Å². The number of benzene rings is 1. The maximum atomic E-state index is 14.9. The zero-order chi connectivity index (χ0) is 21.2. The van der Waals surface area contributed by atoms with Crippen LogP contribution in [0.2, 0.25) is 0 Å². The molecule has 0 aromatic heterocycles. The summed E-state index contributed by atoms with van der Waals surface area (Å²) in [5.41, 5.74) is 5.16. The van der Waals surface area contributed by atoms with Gasteiger partial charge in [0.25, 0.3) is 0 Å². The summed E-state index contributed by atoms with van der Waals surface area (Å²) in [6, 6.07) is 4.46. The molecule has 0 saturated carbocycles. The number of ether oxygens (including phenoxy) is 3. The molecule has 0 spiro atoms. The first-order valence-electron chi connectivity index (χ1n) is 9.51. The van der Waals surface area contributed by atoms with E-state index in [0.717, 1.165) is 0 Å². The second kappa shape index (κ2) is 8.49. The van der Waals surface area contributed by atoms with Crippen molar-refractivity contribution in [2.75, 3.05) is 31.8 Å². The average Bonchev–Trinajstić information content (AvgIpc) is 2.62. The highest BCUT2D eigenvalue weighted by Gasteiger charge is 2.50. The highest BCUT2D eigenvalue weighted by Crippen LogP contribution is 2.47. The van der Waals surface area contributed by atoms with Gasteiger partial charge < -0.3 is 19.9 Å². The number of hydrogen-bond acceptors (Lipinski definition) is 7. The lowest BCUT2D eigenvalue weighted by Crippen LogP contribution is -2.52. The summed E-state index contributed by atoms with van der Waals surface area (Å²) >= 11 is 1.41. The van der Waals surface area contributed by atoms with Gasteiger partial charge in [-0.05, 0) is 45.4 Å². The molecule has 1 saturated heterocycles. The van der Waals surface area contributed by atoms with Gasteiger partial charge in [0.1, 0.15) is 17.0 Å². The van der Waals surface area contributed by atoms with Crippen LogP contribution in [-0.2, 0) is 19.7 Å². The van der Waals surface area contributed by atoms with E-state index in [2.05, 4.69) is 5.32 Å². The number of alkyl carbamates (subject to hydrolysis) is 1. The van der Waals surface area contributed by atoms with Crippen molar-refractivity contribution in [1.29, 1.82) is 0 Å². The minimum atomic E-state index is -0.973. The third-order valence-corrected chi connectivity index (χ3v) is 5.94. The fraction of sp³-hybridized carbons (Fsp3) is 0.600. The lowest BCUT2D eigenvalue weighted by atomic mass is 9.75. The molecule has 0 bridgehead atoms. The Morgan fingerprint density at radius 3 is 2.93 bits per heavy atom. The first-order chi connectivity index (χ1) is 13.6. The fourth-order valence-electron chi connectivity index (χ4n) is 3.66. The number of nitrogen functional groups attached to an aromatic ring is 1. The number of fused-ring (bicyclic) bond motifs is 1. The van der Waals surface area contributed by atoms with Crippen LogP contribution in [0.1, 0.15) is 32.8 Å². The number of nitrogens with two attached hydrogens (primary N) is 1. The number of amides is 1. The molecule has 2 aliphatic rings. The van der Waals surface area contributed by atoms with E-state index >= 15 is 0 Å². The molecular weight excluding hydrogens is 397 g/mol. The predicted octanol–water partition coefficient (Wildman–Crippen LogP) is 3.28. The van der Waals surface area contributed by atoms with Crippen LogP contribution in [0, 0.1) is 11.7 Å². The highest BCUT2D eigenvalue weighted by atomic mass is 32.2. The van der Waals surface area contributed by atoms with Gasteiger partial charge in [-0.25, -0.2) is 14.2 Å². The number of carbonyl (C=O) groups excluding carboxylic acids is 1. The largest absolute Gasteiger partial charge is 0.444 e. The van der Waals surface area contributed by atoms with Crippen molar-refractivity contribution >= 4 is 28.7 Å². The molecule has 3 atom stereocenters. The summed E-state index contributed by atoms with van der Waals surface area (Å²) in [5, 5.41) is 3.07. The number of rotatable bonds is 3. The van der Waals surface area contributed by atoms with Crippen molar-refractivity contribution in [1.82, 2.24) is 5.32 Å². The minimum Gasteiger partial charge on any atom is -0.444 e. The van der Waals surface area contributed by atoms with Crippen LogP contribution in [-0.4, -0.2) is 49.0 Å². The van der Waals surface area contributed by atoms with Gasteiger partial charge in [-0.1, -0.05) is 11.8 Å². The topological polar surface area (TPSA) is 95.2 Å². The number of hydrogen-bond donors (Lipinski definition) is 2. The molecule has 0 radical (unpaired) electrons. The van der Waals surface area contributed by atoms with Gasteiger partial charge in [0.05, 0.1) is 19.3 Å². The molecule has 2 aliphatic heterocycles. The Morgan fingerprint density at radius 2 is 2.24 bits per heavy atom. The Balaban J connectivity index is 1.95. The molecule has 9 heteroatoms. The monoisotopic (exact) mass is 425 g/mol.